The minimum Gasteiger partial charge on any atom is -0.497 e. The molecular formula is C19H19N3O4. The van der Waals surface area contributed by atoms with Crippen molar-refractivity contribution in [2.75, 3.05) is 13.7 Å². The molecule has 0 amide bonds. The highest BCUT2D eigenvalue weighted by atomic mass is 16.6. The molecule has 1 aromatic heterocycles. The van der Waals surface area contributed by atoms with Crippen LogP contribution in [0.4, 0.5) is 0 Å². The lowest BCUT2D eigenvalue weighted by atomic mass is 9.91. The van der Waals surface area contributed by atoms with Crippen LogP contribution in [0.2, 0.25) is 0 Å². The van der Waals surface area contributed by atoms with Gasteiger partial charge in [0.1, 0.15) is 5.75 Å². The van der Waals surface area contributed by atoms with Crippen molar-refractivity contribution >= 4 is 0 Å². The van der Waals surface area contributed by atoms with Crippen molar-refractivity contribution < 1.29 is 9.66 Å². The largest absolute Gasteiger partial charge is 0.497 e. The molecule has 7 nitrogen and oxygen atoms in total. The molecule has 7 heteroatoms. The van der Waals surface area contributed by atoms with Crippen molar-refractivity contribution in [2.45, 2.75) is 12.8 Å². The first-order valence-corrected chi connectivity index (χ1v) is 8.14. The number of para-hydroxylation sites is 1. The summed E-state index contributed by atoms with van der Waals surface area (Å²) in [7, 11) is 1.55. The highest BCUT2D eigenvalue weighted by molar-refractivity contribution is 5.39. The summed E-state index contributed by atoms with van der Waals surface area (Å²) >= 11 is 0. The van der Waals surface area contributed by atoms with E-state index in [9.17, 15) is 14.9 Å². The van der Waals surface area contributed by atoms with E-state index in [2.05, 4.69) is 5.10 Å². The van der Waals surface area contributed by atoms with E-state index in [1.54, 1.807) is 50.4 Å². The fraction of sp³-hybridized carbons (Fsp3) is 0.211. The average Bonchev–Trinajstić information content (AvgIpc) is 2.95. The Hall–Kier alpha value is -3.35. The predicted molar refractivity (Wildman–Crippen MR) is 97.8 cm³/mol. The van der Waals surface area contributed by atoms with Crippen molar-refractivity contribution in [1.82, 2.24) is 9.78 Å². The van der Waals surface area contributed by atoms with Gasteiger partial charge >= 0.3 is 0 Å². The minimum atomic E-state index is -0.649. The highest BCUT2D eigenvalue weighted by Crippen LogP contribution is 2.27. The number of ether oxygens (including phenoxy) is 1. The predicted octanol–water partition coefficient (Wildman–Crippen LogP) is 2.89. The lowest BCUT2D eigenvalue weighted by Gasteiger charge is -2.12. The van der Waals surface area contributed by atoms with E-state index in [-0.39, 0.29) is 12.1 Å². The van der Waals surface area contributed by atoms with E-state index in [1.165, 1.54) is 4.68 Å². The summed E-state index contributed by atoms with van der Waals surface area (Å²) in [5, 5.41) is 14.3. The van der Waals surface area contributed by atoms with Crippen LogP contribution in [0.15, 0.2) is 59.4 Å². The van der Waals surface area contributed by atoms with Gasteiger partial charge in [-0.25, -0.2) is 4.68 Å². The second kappa shape index (κ2) is 7.26. The van der Waals surface area contributed by atoms with Crippen LogP contribution < -0.4 is 10.3 Å². The monoisotopic (exact) mass is 353 g/mol. The number of nitro groups is 1. The standard InChI is InChI=1S/C19H19N3O4/c1-13-18(19(23)22(20-13)15-6-4-3-5-7-15)17(12-21(24)25)14-8-10-16(26-2)11-9-14/h3-11,17,20H,12H2,1-2H3/t17-/m1/s1. The van der Waals surface area contributed by atoms with Gasteiger partial charge < -0.3 is 4.74 Å². The number of nitrogens with one attached hydrogen (secondary N) is 1. The quantitative estimate of drug-likeness (QED) is 0.545. The molecule has 3 rings (SSSR count). The number of hydrogen-bond donors (Lipinski definition) is 1. The summed E-state index contributed by atoms with van der Waals surface area (Å²) in [6.45, 7) is 1.39. The molecule has 0 radical (unpaired) electrons. The van der Waals surface area contributed by atoms with Gasteiger partial charge in [0, 0.05) is 10.6 Å². The van der Waals surface area contributed by atoms with Crippen LogP contribution in [0.1, 0.15) is 22.7 Å². The van der Waals surface area contributed by atoms with Gasteiger partial charge in [0.15, 0.2) is 0 Å². The zero-order valence-corrected chi connectivity index (χ0v) is 14.5. The number of benzene rings is 2. The van der Waals surface area contributed by atoms with Crippen molar-refractivity contribution in [3.8, 4) is 11.4 Å². The van der Waals surface area contributed by atoms with E-state index < -0.39 is 10.8 Å². The number of hydrogen-bond acceptors (Lipinski definition) is 4. The van der Waals surface area contributed by atoms with Gasteiger partial charge in [0.25, 0.3) is 5.56 Å². The molecule has 1 N–H and O–H groups in total. The van der Waals surface area contributed by atoms with Crippen LogP contribution in [0, 0.1) is 17.0 Å². The minimum absolute atomic E-state index is 0.281. The maximum atomic E-state index is 13.0. The Morgan fingerprint density at radius 2 is 1.81 bits per heavy atom. The highest BCUT2D eigenvalue weighted by Gasteiger charge is 2.27. The van der Waals surface area contributed by atoms with E-state index in [0.717, 1.165) is 0 Å². The van der Waals surface area contributed by atoms with Gasteiger partial charge in [-0.15, -0.1) is 0 Å². The molecule has 2 aromatic carbocycles. The summed E-state index contributed by atoms with van der Waals surface area (Å²) in [5.41, 5.74) is 2.11. The summed E-state index contributed by atoms with van der Waals surface area (Å²) in [6.07, 6.45) is 0. The van der Waals surface area contributed by atoms with Gasteiger partial charge in [0.2, 0.25) is 6.54 Å². The molecule has 1 atom stereocenters. The Bertz CT molecular complexity index is 959. The first-order chi connectivity index (χ1) is 12.5. The van der Waals surface area contributed by atoms with Crippen LogP contribution in [0.3, 0.4) is 0 Å². The molecule has 0 aliphatic carbocycles. The summed E-state index contributed by atoms with van der Waals surface area (Å²) in [6, 6.07) is 16.1. The SMILES string of the molecule is COc1ccc([C@@H](C[N+](=O)[O-])c2c(C)[nH]n(-c3ccccc3)c2=O)cc1. The number of methoxy groups -OCH3 is 1. The van der Waals surface area contributed by atoms with E-state index in [1.807, 2.05) is 18.2 Å². The lowest BCUT2D eigenvalue weighted by molar-refractivity contribution is -0.481. The second-order valence-corrected chi connectivity index (χ2v) is 5.97. The van der Waals surface area contributed by atoms with Crippen LogP contribution in [0.25, 0.3) is 5.69 Å². The molecule has 0 aliphatic rings. The number of aryl methyl sites for hydroxylation is 1. The molecule has 0 saturated heterocycles. The van der Waals surface area contributed by atoms with Crippen molar-refractivity contribution in [2.24, 2.45) is 0 Å². The number of aromatic nitrogens is 2. The lowest BCUT2D eigenvalue weighted by Crippen LogP contribution is -2.23. The van der Waals surface area contributed by atoms with Crippen LogP contribution in [-0.2, 0) is 0 Å². The molecule has 26 heavy (non-hydrogen) atoms. The number of nitrogens with zero attached hydrogens (tertiary/aromatic N) is 2. The Morgan fingerprint density at radius 3 is 2.38 bits per heavy atom. The summed E-state index contributed by atoms with van der Waals surface area (Å²) in [5.74, 6) is 0.00529. The molecule has 0 fully saturated rings. The zero-order valence-electron chi connectivity index (χ0n) is 14.5. The van der Waals surface area contributed by atoms with Crippen molar-refractivity contribution in [3.05, 3.63) is 91.9 Å². The van der Waals surface area contributed by atoms with Gasteiger partial charge in [0.05, 0.1) is 24.3 Å². The van der Waals surface area contributed by atoms with Gasteiger partial charge in [-0.2, -0.15) is 0 Å². The third-order valence-corrected chi connectivity index (χ3v) is 4.33. The molecule has 1 heterocycles. The molecule has 0 unspecified atom stereocenters. The Balaban J connectivity index is 2.11. The topological polar surface area (TPSA) is 90.2 Å². The maximum absolute atomic E-state index is 13.0. The molecule has 134 valence electrons. The van der Waals surface area contributed by atoms with Gasteiger partial charge in [-0.1, -0.05) is 30.3 Å². The van der Waals surface area contributed by atoms with E-state index in [0.29, 0.717) is 28.3 Å². The Labute approximate surface area is 150 Å². The molecule has 0 bridgehead atoms. The van der Waals surface area contributed by atoms with E-state index >= 15 is 0 Å². The first kappa shape index (κ1) is 17.5. The molecular weight excluding hydrogens is 334 g/mol. The van der Waals surface area contributed by atoms with Crippen LogP contribution >= 0.6 is 0 Å². The molecule has 3 aromatic rings. The fourth-order valence-corrected chi connectivity index (χ4v) is 3.08. The summed E-state index contributed by atoms with van der Waals surface area (Å²) in [4.78, 5) is 23.8. The fourth-order valence-electron chi connectivity index (χ4n) is 3.08. The van der Waals surface area contributed by atoms with Gasteiger partial charge in [-0.05, 0) is 36.8 Å². The van der Waals surface area contributed by atoms with Crippen LogP contribution in [0.5, 0.6) is 5.75 Å². The second-order valence-electron chi connectivity index (χ2n) is 5.97. The first-order valence-electron chi connectivity index (χ1n) is 8.14. The maximum Gasteiger partial charge on any atom is 0.275 e. The van der Waals surface area contributed by atoms with Crippen LogP contribution in [-0.4, -0.2) is 28.4 Å². The average molecular weight is 353 g/mol. The number of rotatable bonds is 6. The zero-order chi connectivity index (χ0) is 18.7. The smallest absolute Gasteiger partial charge is 0.275 e. The molecule has 0 spiro atoms. The van der Waals surface area contributed by atoms with E-state index in [4.69, 9.17) is 4.74 Å². The van der Waals surface area contributed by atoms with Crippen molar-refractivity contribution in [1.29, 1.82) is 0 Å². The number of H-pyrrole nitrogens is 1. The Morgan fingerprint density at radius 1 is 1.15 bits per heavy atom. The normalized spacial score (nSPS) is 11.9. The molecule has 0 saturated carbocycles. The van der Waals surface area contributed by atoms with Gasteiger partial charge in [-0.3, -0.25) is 20.0 Å². The third kappa shape index (κ3) is 3.37. The Kier molecular flexibility index (Phi) is 4.88. The number of aromatic amines is 1. The third-order valence-electron chi connectivity index (χ3n) is 4.33. The summed E-state index contributed by atoms with van der Waals surface area (Å²) < 4.78 is 6.56. The molecule has 0 aliphatic heterocycles. The van der Waals surface area contributed by atoms with Crippen molar-refractivity contribution in [3.63, 3.8) is 0 Å².